The zero-order valence-corrected chi connectivity index (χ0v) is 5.12. The van der Waals surface area contributed by atoms with Gasteiger partial charge in [0.15, 0.2) is 0 Å². The van der Waals surface area contributed by atoms with Crippen LogP contribution in [0.5, 0.6) is 0 Å². The maximum absolute atomic E-state index is 4.90. The SMILES string of the molecule is CNOC1CC1.Cl. The summed E-state index contributed by atoms with van der Waals surface area (Å²) in [7, 11) is 1.79. The van der Waals surface area contributed by atoms with E-state index in [1.165, 1.54) is 12.8 Å². The largest absolute Gasteiger partial charge is 0.299 e. The maximum Gasteiger partial charge on any atom is 0.0792 e. The van der Waals surface area contributed by atoms with Crippen molar-refractivity contribution in [3.8, 4) is 0 Å². The monoisotopic (exact) mass is 123 g/mol. The molecule has 0 radical (unpaired) electrons. The van der Waals surface area contributed by atoms with E-state index in [0.717, 1.165) is 0 Å². The van der Waals surface area contributed by atoms with Gasteiger partial charge < -0.3 is 0 Å². The summed E-state index contributed by atoms with van der Waals surface area (Å²) in [4.78, 5) is 4.90. The summed E-state index contributed by atoms with van der Waals surface area (Å²) in [6.07, 6.45) is 3.01. The van der Waals surface area contributed by atoms with E-state index in [4.69, 9.17) is 4.84 Å². The average Bonchev–Trinajstić information content (AvgIpc) is 2.21. The predicted octanol–water partition coefficient (Wildman–Crippen LogP) is 0.722. The van der Waals surface area contributed by atoms with Gasteiger partial charge in [0.2, 0.25) is 0 Å². The van der Waals surface area contributed by atoms with Crippen LogP contribution >= 0.6 is 12.4 Å². The highest BCUT2D eigenvalue weighted by molar-refractivity contribution is 5.85. The van der Waals surface area contributed by atoms with E-state index in [1.54, 1.807) is 7.05 Å². The molecule has 7 heavy (non-hydrogen) atoms. The summed E-state index contributed by atoms with van der Waals surface area (Å²) in [6, 6.07) is 0. The Morgan fingerprint density at radius 2 is 2.14 bits per heavy atom. The highest BCUT2D eigenvalue weighted by atomic mass is 35.5. The van der Waals surface area contributed by atoms with E-state index in [2.05, 4.69) is 5.48 Å². The second kappa shape index (κ2) is 3.24. The molecule has 1 fully saturated rings. The lowest BCUT2D eigenvalue weighted by Crippen LogP contribution is -2.07. The molecule has 0 aromatic rings. The number of hydroxylamine groups is 1. The fourth-order valence-electron chi connectivity index (χ4n) is 0.353. The highest BCUT2D eigenvalue weighted by Gasteiger charge is 2.21. The molecule has 1 rings (SSSR count). The van der Waals surface area contributed by atoms with Gasteiger partial charge in [-0.3, -0.25) is 4.84 Å². The Labute approximate surface area is 49.6 Å². The van der Waals surface area contributed by atoms with E-state index >= 15 is 0 Å². The zero-order valence-electron chi connectivity index (χ0n) is 4.31. The van der Waals surface area contributed by atoms with Gasteiger partial charge in [-0.25, -0.2) is 5.48 Å². The molecule has 0 heterocycles. The molecule has 3 heteroatoms. The Morgan fingerprint density at radius 3 is 2.29 bits per heavy atom. The molecule has 0 saturated heterocycles. The molecule has 0 aromatic heterocycles. The second-order valence-electron chi connectivity index (χ2n) is 1.52. The maximum atomic E-state index is 4.90. The first-order chi connectivity index (χ1) is 2.93. The van der Waals surface area contributed by atoms with Gasteiger partial charge in [0.1, 0.15) is 0 Å². The number of rotatable bonds is 2. The lowest BCUT2D eigenvalue weighted by molar-refractivity contribution is 0.0438. The molecule has 1 aliphatic carbocycles. The minimum absolute atomic E-state index is 0. The standard InChI is InChI=1S/C4H9NO.ClH/c1-5-6-4-2-3-4;/h4-5H,2-3H2,1H3;1H. The van der Waals surface area contributed by atoms with Crippen molar-refractivity contribution in [2.75, 3.05) is 7.05 Å². The van der Waals surface area contributed by atoms with Gasteiger partial charge in [-0.05, 0) is 12.8 Å². The van der Waals surface area contributed by atoms with E-state index in [0.29, 0.717) is 6.10 Å². The van der Waals surface area contributed by atoms with Crippen LogP contribution in [0.2, 0.25) is 0 Å². The van der Waals surface area contributed by atoms with Crippen molar-refractivity contribution in [1.82, 2.24) is 5.48 Å². The first-order valence-corrected chi connectivity index (χ1v) is 2.26. The van der Waals surface area contributed by atoms with Gasteiger partial charge in [0, 0.05) is 7.05 Å². The van der Waals surface area contributed by atoms with Crippen LogP contribution in [0.1, 0.15) is 12.8 Å². The molecule has 0 aromatic carbocycles. The van der Waals surface area contributed by atoms with Gasteiger partial charge in [-0.15, -0.1) is 12.4 Å². The van der Waals surface area contributed by atoms with Crippen molar-refractivity contribution in [3.63, 3.8) is 0 Å². The quantitative estimate of drug-likeness (QED) is 0.547. The van der Waals surface area contributed by atoms with Crippen LogP contribution in [0.15, 0.2) is 0 Å². The normalized spacial score (nSPS) is 18.4. The summed E-state index contributed by atoms with van der Waals surface area (Å²) in [5.41, 5.74) is 2.63. The summed E-state index contributed by atoms with van der Waals surface area (Å²) in [5, 5.41) is 0. The van der Waals surface area contributed by atoms with Crippen molar-refractivity contribution in [3.05, 3.63) is 0 Å². The second-order valence-corrected chi connectivity index (χ2v) is 1.52. The summed E-state index contributed by atoms with van der Waals surface area (Å²) < 4.78 is 0. The Hall–Kier alpha value is 0.210. The summed E-state index contributed by atoms with van der Waals surface area (Å²) in [5.74, 6) is 0. The summed E-state index contributed by atoms with van der Waals surface area (Å²) in [6.45, 7) is 0. The third-order valence-electron chi connectivity index (χ3n) is 0.809. The first kappa shape index (κ1) is 7.21. The molecule has 0 unspecified atom stereocenters. The van der Waals surface area contributed by atoms with Gasteiger partial charge in [0.05, 0.1) is 6.10 Å². The van der Waals surface area contributed by atoms with E-state index in [-0.39, 0.29) is 12.4 Å². The Balaban J connectivity index is 0.000000360. The van der Waals surface area contributed by atoms with Crippen molar-refractivity contribution in [2.45, 2.75) is 18.9 Å². The van der Waals surface area contributed by atoms with Crippen LogP contribution in [0.25, 0.3) is 0 Å². The molecule has 0 bridgehead atoms. The highest BCUT2D eigenvalue weighted by Crippen LogP contribution is 2.21. The van der Waals surface area contributed by atoms with E-state index < -0.39 is 0 Å². The number of halogens is 1. The Kier molecular flexibility index (Phi) is 3.34. The summed E-state index contributed by atoms with van der Waals surface area (Å²) >= 11 is 0. The van der Waals surface area contributed by atoms with Crippen LogP contribution in [0.3, 0.4) is 0 Å². The molecule has 0 atom stereocenters. The molecule has 0 spiro atoms. The minimum atomic E-state index is 0. The molecule has 2 nitrogen and oxygen atoms in total. The fourth-order valence-corrected chi connectivity index (χ4v) is 0.353. The molecular weight excluding hydrogens is 114 g/mol. The van der Waals surface area contributed by atoms with Crippen molar-refractivity contribution in [1.29, 1.82) is 0 Å². The van der Waals surface area contributed by atoms with Gasteiger partial charge in [0.25, 0.3) is 0 Å². The molecule has 1 N–H and O–H groups in total. The minimum Gasteiger partial charge on any atom is -0.299 e. The number of hydrogen-bond donors (Lipinski definition) is 1. The van der Waals surface area contributed by atoms with Crippen LogP contribution in [-0.4, -0.2) is 13.2 Å². The third-order valence-corrected chi connectivity index (χ3v) is 0.809. The topological polar surface area (TPSA) is 21.3 Å². The van der Waals surface area contributed by atoms with E-state index in [1.807, 2.05) is 0 Å². The number of nitrogens with one attached hydrogen (secondary N) is 1. The molecule has 0 aliphatic heterocycles. The van der Waals surface area contributed by atoms with Crippen LogP contribution in [-0.2, 0) is 4.84 Å². The van der Waals surface area contributed by atoms with E-state index in [9.17, 15) is 0 Å². The lowest BCUT2D eigenvalue weighted by Gasteiger charge is -1.91. The predicted molar refractivity (Wildman–Crippen MR) is 30.4 cm³/mol. The van der Waals surface area contributed by atoms with Crippen molar-refractivity contribution < 1.29 is 4.84 Å². The van der Waals surface area contributed by atoms with Gasteiger partial charge >= 0.3 is 0 Å². The average molecular weight is 124 g/mol. The molecule has 1 aliphatic rings. The lowest BCUT2D eigenvalue weighted by atomic mass is 10.9. The molecule has 0 amide bonds. The van der Waals surface area contributed by atoms with Crippen LogP contribution in [0.4, 0.5) is 0 Å². The van der Waals surface area contributed by atoms with Gasteiger partial charge in [-0.1, -0.05) is 0 Å². The van der Waals surface area contributed by atoms with Crippen LogP contribution in [0, 0.1) is 0 Å². The Bertz CT molecular complexity index is 47.0. The molecule has 44 valence electrons. The zero-order chi connectivity index (χ0) is 4.41. The third kappa shape index (κ3) is 2.85. The molecule has 1 saturated carbocycles. The smallest absolute Gasteiger partial charge is 0.0792 e. The Morgan fingerprint density at radius 1 is 1.57 bits per heavy atom. The van der Waals surface area contributed by atoms with Crippen LogP contribution < -0.4 is 5.48 Å². The van der Waals surface area contributed by atoms with Crippen molar-refractivity contribution in [2.24, 2.45) is 0 Å². The molecular formula is C4H10ClNO. The fraction of sp³-hybridized carbons (Fsp3) is 1.00. The number of hydrogen-bond acceptors (Lipinski definition) is 2. The van der Waals surface area contributed by atoms with Crippen molar-refractivity contribution >= 4 is 12.4 Å². The first-order valence-electron chi connectivity index (χ1n) is 2.26. The van der Waals surface area contributed by atoms with Gasteiger partial charge in [-0.2, -0.15) is 0 Å².